The molecule has 0 atom stereocenters. The summed E-state index contributed by atoms with van der Waals surface area (Å²) < 4.78 is 25.9. The molecule has 0 unspecified atom stereocenters. The monoisotopic (exact) mass is 240 g/mol. The Bertz CT molecular complexity index is 431. The van der Waals surface area contributed by atoms with E-state index in [0.29, 0.717) is 12.8 Å². The fourth-order valence-electron chi connectivity index (χ4n) is 1.87. The van der Waals surface area contributed by atoms with Gasteiger partial charge in [-0.1, -0.05) is 6.07 Å². The Labute approximate surface area is 98.0 Å². The molecule has 0 radical (unpaired) electrons. The van der Waals surface area contributed by atoms with Crippen LogP contribution < -0.4 is 11.1 Å². The van der Waals surface area contributed by atoms with E-state index in [4.69, 9.17) is 5.73 Å². The number of rotatable bonds is 3. The van der Waals surface area contributed by atoms with Crippen molar-refractivity contribution in [3.63, 3.8) is 0 Å². The van der Waals surface area contributed by atoms with Gasteiger partial charge in [-0.3, -0.25) is 4.79 Å². The van der Waals surface area contributed by atoms with Gasteiger partial charge in [0.15, 0.2) is 0 Å². The van der Waals surface area contributed by atoms with Crippen LogP contribution in [0.2, 0.25) is 0 Å². The highest BCUT2D eigenvalue weighted by Crippen LogP contribution is 2.25. The third-order valence-corrected chi connectivity index (χ3v) is 3.01. The summed E-state index contributed by atoms with van der Waals surface area (Å²) in [6.45, 7) is 0.0800. The van der Waals surface area contributed by atoms with Crippen LogP contribution in [0.5, 0.6) is 0 Å². The molecule has 0 saturated heterocycles. The lowest BCUT2D eigenvalue weighted by Gasteiger charge is -2.31. The van der Waals surface area contributed by atoms with E-state index in [9.17, 15) is 13.6 Å². The van der Waals surface area contributed by atoms with Gasteiger partial charge in [-0.2, -0.15) is 0 Å². The third-order valence-electron chi connectivity index (χ3n) is 3.01. The molecule has 1 aliphatic rings. The molecule has 0 aromatic heterocycles. The Morgan fingerprint density at radius 3 is 2.71 bits per heavy atom. The van der Waals surface area contributed by atoms with Crippen LogP contribution in [0.4, 0.5) is 8.78 Å². The lowest BCUT2D eigenvalue weighted by molar-refractivity contribution is -0.128. The minimum atomic E-state index is -0.643. The number of carbonyl (C=O) groups is 1. The van der Waals surface area contributed by atoms with Gasteiger partial charge in [0.25, 0.3) is 0 Å². The Balaban J connectivity index is 1.87. The van der Waals surface area contributed by atoms with Crippen LogP contribution in [0.3, 0.4) is 0 Å². The second-order valence-electron chi connectivity index (χ2n) is 4.38. The van der Waals surface area contributed by atoms with E-state index in [-0.39, 0.29) is 30.0 Å². The first-order valence-corrected chi connectivity index (χ1v) is 5.53. The van der Waals surface area contributed by atoms with E-state index < -0.39 is 11.6 Å². The van der Waals surface area contributed by atoms with Crippen LogP contribution in [0.15, 0.2) is 18.2 Å². The minimum Gasteiger partial charge on any atom is -0.352 e. The average Bonchev–Trinajstić information content (AvgIpc) is 2.23. The first kappa shape index (κ1) is 12.0. The van der Waals surface area contributed by atoms with Crippen LogP contribution in [0, 0.1) is 17.6 Å². The molecule has 1 aromatic rings. The lowest BCUT2D eigenvalue weighted by atomic mass is 9.80. The van der Waals surface area contributed by atoms with Gasteiger partial charge in [-0.05, 0) is 18.9 Å². The number of carbonyl (C=O) groups excluding carboxylic acids is 1. The van der Waals surface area contributed by atoms with Crippen molar-refractivity contribution in [3.8, 4) is 0 Å². The fraction of sp³-hybridized carbons (Fsp3) is 0.417. The summed E-state index contributed by atoms with van der Waals surface area (Å²) in [5.41, 5.74) is 5.85. The number of hydrogen-bond acceptors (Lipinski definition) is 2. The molecular weight excluding hydrogens is 226 g/mol. The molecule has 3 nitrogen and oxygen atoms in total. The van der Waals surface area contributed by atoms with E-state index in [1.165, 1.54) is 12.1 Å². The number of nitrogens with two attached hydrogens (primary N) is 1. The molecule has 1 fully saturated rings. The first-order chi connectivity index (χ1) is 8.06. The zero-order chi connectivity index (χ0) is 12.4. The van der Waals surface area contributed by atoms with Crippen molar-refractivity contribution in [1.29, 1.82) is 0 Å². The third kappa shape index (κ3) is 2.79. The van der Waals surface area contributed by atoms with Crippen LogP contribution in [-0.4, -0.2) is 11.9 Å². The average molecular weight is 240 g/mol. The lowest BCUT2D eigenvalue weighted by Crippen LogP contribution is -2.44. The number of nitrogens with one attached hydrogen (secondary N) is 1. The molecule has 1 aromatic carbocycles. The summed E-state index contributed by atoms with van der Waals surface area (Å²) in [7, 11) is 0. The van der Waals surface area contributed by atoms with E-state index >= 15 is 0 Å². The molecule has 1 saturated carbocycles. The Morgan fingerprint density at radius 2 is 2.12 bits per heavy atom. The molecule has 0 spiro atoms. The fourth-order valence-corrected chi connectivity index (χ4v) is 1.87. The van der Waals surface area contributed by atoms with Gasteiger partial charge in [0.1, 0.15) is 11.6 Å². The van der Waals surface area contributed by atoms with Crippen molar-refractivity contribution in [2.75, 3.05) is 0 Å². The molecule has 3 N–H and O–H groups in total. The maximum atomic E-state index is 13.2. The van der Waals surface area contributed by atoms with Crippen LogP contribution >= 0.6 is 0 Å². The standard InChI is InChI=1S/C12H14F2N2O/c13-9-2-1-7(11(14)5-9)6-16-12(17)8-3-10(15)4-8/h1-2,5,8,10H,3-4,6,15H2,(H,16,17). The second-order valence-corrected chi connectivity index (χ2v) is 4.38. The summed E-state index contributed by atoms with van der Waals surface area (Å²) in [4.78, 5) is 11.6. The van der Waals surface area contributed by atoms with E-state index in [2.05, 4.69) is 5.32 Å². The van der Waals surface area contributed by atoms with Crippen molar-refractivity contribution in [1.82, 2.24) is 5.32 Å². The molecule has 0 heterocycles. The van der Waals surface area contributed by atoms with Crippen LogP contribution in [0.25, 0.3) is 0 Å². The van der Waals surface area contributed by atoms with E-state index in [0.717, 1.165) is 6.07 Å². The maximum Gasteiger partial charge on any atom is 0.223 e. The van der Waals surface area contributed by atoms with Crippen molar-refractivity contribution in [2.24, 2.45) is 11.7 Å². The molecule has 1 aliphatic carbocycles. The second kappa shape index (κ2) is 4.79. The maximum absolute atomic E-state index is 13.2. The Kier molecular flexibility index (Phi) is 3.38. The SMILES string of the molecule is NC1CC(C(=O)NCc2ccc(F)cc2F)C1. The van der Waals surface area contributed by atoms with Gasteiger partial charge in [0.05, 0.1) is 0 Å². The summed E-state index contributed by atoms with van der Waals surface area (Å²) in [6, 6.07) is 3.41. The van der Waals surface area contributed by atoms with E-state index in [1.807, 2.05) is 0 Å². The molecular formula is C12H14F2N2O. The van der Waals surface area contributed by atoms with Crippen molar-refractivity contribution >= 4 is 5.91 Å². The minimum absolute atomic E-state index is 0.0616. The van der Waals surface area contributed by atoms with E-state index in [1.54, 1.807) is 0 Å². The zero-order valence-corrected chi connectivity index (χ0v) is 9.25. The van der Waals surface area contributed by atoms with Crippen LogP contribution in [-0.2, 0) is 11.3 Å². The van der Waals surface area contributed by atoms with Gasteiger partial charge < -0.3 is 11.1 Å². The largest absolute Gasteiger partial charge is 0.352 e. The topological polar surface area (TPSA) is 55.1 Å². The number of hydrogen-bond donors (Lipinski definition) is 2. The Hall–Kier alpha value is -1.49. The van der Waals surface area contributed by atoms with Gasteiger partial charge in [0.2, 0.25) is 5.91 Å². The summed E-state index contributed by atoms with van der Waals surface area (Å²) in [5.74, 6) is -1.44. The predicted molar refractivity (Wildman–Crippen MR) is 58.9 cm³/mol. The highest BCUT2D eigenvalue weighted by molar-refractivity contribution is 5.79. The predicted octanol–water partition coefficient (Wildman–Crippen LogP) is 1.32. The molecule has 0 aliphatic heterocycles. The van der Waals surface area contributed by atoms with Crippen molar-refractivity contribution < 1.29 is 13.6 Å². The number of benzene rings is 1. The highest BCUT2D eigenvalue weighted by Gasteiger charge is 2.31. The highest BCUT2D eigenvalue weighted by atomic mass is 19.1. The normalized spacial score (nSPS) is 23.0. The van der Waals surface area contributed by atoms with Crippen molar-refractivity contribution in [3.05, 3.63) is 35.4 Å². The van der Waals surface area contributed by atoms with Gasteiger partial charge >= 0.3 is 0 Å². The van der Waals surface area contributed by atoms with Crippen LogP contribution in [0.1, 0.15) is 18.4 Å². The molecule has 0 bridgehead atoms. The van der Waals surface area contributed by atoms with Gasteiger partial charge in [-0.15, -0.1) is 0 Å². The van der Waals surface area contributed by atoms with Gasteiger partial charge in [-0.25, -0.2) is 8.78 Å². The Morgan fingerprint density at radius 1 is 1.41 bits per heavy atom. The summed E-state index contributed by atoms with van der Waals surface area (Å²) >= 11 is 0. The number of halogens is 2. The molecule has 17 heavy (non-hydrogen) atoms. The zero-order valence-electron chi connectivity index (χ0n) is 9.25. The van der Waals surface area contributed by atoms with Gasteiger partial charge in [0, 0.05) is 30.1 Å². The summed E-state index contributed by atoms with van der Waals surface area (Å²) in [5, 5.41) is 2.62. The molecule has 5 heteroatoms. The first-order valence-electron chi connectivity index (χ1n) is 5.53. The summed E-state index contributed by atoms with van der Waals surface area (Å²) in [6.07, 6.45) is 1.36. The smallest absolute Gasteiger partial charge is 0.223 e. The van der Waals surface area contributed by atoms with Crippen molar-refractivity contribution in [2.45, 2.75) is 25.4 Å². The molecule has 2 rings (SSSR count). The molecule has 1 amide bonds. The number of amides is 1. The molecule has 92 valence electrons. The quantitative estimate of drug-likeness (QED) is 0.837.